The van der Waals surface area contributed by atoms with Crippen LogP contribution in [0.3, 0.4) is 0 Å². The predicted molar refractivity (Wildman–Crippen MR) is 79.6 cm³/mol. The summed E-state index contributed by atoms with van der Waals surface area (Å²) in [5.41, 5.74) is 11.1. The molecule has 1 aromatic carbocycles. The number of hydrogen-bond donors (Lipinski definition) is 1. The van der Waals surface area contributed by atoms with Gasteiger partial charge in [0.15, 0.2) is 4.96 Å². The zero-order valence-electron chi connectivity index (χ0n) is 10.6. The molecule has 0 saturated heterocycles. The summed E-state index contributed by atoms with van der Waals surface area (Å²) in [5, 5.41) is 1.93. The molecule has 2 heterocycles. The van der Waals surface area contributed by atoms with Gasteiger partial charge in [0.05, 0.1) is 5.69 Å². The summed E-state index contributed by atoms with van der Waals surface area (Å²) in [7, 11) is 0. The zero-order valence-corrected chi connectivity index (χ0v) is 11.4. The minimum atomic E-state index is 0.761. The molecule has 3 nitrogen and oxygen atoms in total. The van der Waals surface area contributed by atoms with Crippen LogP contribution in [0.15, 0.2) is 29.8 Å². The normalized spacial score (nSPS) is 14.7. The monoisotopic (exact) mass is 269 g/mol. The maximum absolute atomic E-state index is 5.91. The highest BCUT2D eigenvalue weighted by Gasteiger charge is 2.12. The van der Waals surface area contributed by atoms with E-state index >= 15 is 0 Å². The van der Waals surface area contributed by atoms with Gasteiger partial charge in [0, 0.05) is 17.1 Å². The molecule has 19 heavy (non-hydrogen) atoms. The molecule has 0 bridgehead atoms. The number of rotatable bonds is 1. The molecule has 0 unspecified atom stereocenters. The van der Waals surface area contributed by atoms with Crippen LogP contribution < -0.4 is 5.73 Å². The van der Waals surface area contributed by atoms with Crippen molar-refractivity contribution in [3.8, 4) is 11.3 Å². The largest absolute Gasteiger partial charge is 0.384 e. The molecular formula is C15H15N3S. The molecule has 4 heteroatoms. The number of aryl methyl sites for hydroxylation is 2. The van der Waals surface area contributed by atoms with Crippen LogP contribution in [0.2, 0.25) is 0 Å². The Kier molecular flexibility index (Phi) is 2.38. The van der Waals surface area contributed by atoms with Gasteiger partial charge in [0.2, 0.25) is 0 Å². The number of nitrogens with zero attached hydrogens (tertiary/aromatic N) is 2. The van der Waals surface area contributed by atoms with E-state index in [1.165, 1.54) is 42.4 Å². The van der Waals surface area contributed by atoms with Gasteiger partial charge in [0.25, 0.3) is 0 Å². The predicted octanol–water partition coefficient (Wildman–Crippen LogP) is 3.52. The van der Waals surface area contributed by atoms with Gasteiger partial charge in [-0.05, 0) is 42.9 Å². The summed E-state index contributed by atoms with van der Waals surface area (Å²) in [4.78, 5) is 5.62. The van der Waals surface area contributed by atoms with Crippen molar-refractivity contribution >= 4 is 22.1 Å². The molecule has 0 aliphatic heterocycles. The third-order valence-corrected chi connectivity index (χ3v) is 4.74. The van der Waals surface area contributed by atoms with Crippen LogP contribution in [0.1, 0.15) is 24.0 Å². The molecule has 0 radical (unpaired) electrons. The lowest BCUT2D eigenvalue weighted by atomic mass is 9.90. The van der Waals surface area contributed by atoms with E-state index in [0.29, 0.717) is 0 Å². The highest BCUT2D eigenvalue weighted by atomic mass is 32.1. The molecule has 0 saturated carbocycles. The first-order valence-corrected chi connectivity index (χ1v) is 7.53. The number of nitrogens with two attached hydrogens (primary N) is 1. The van der Waals surface area contributed by atoms with E-state index in [0.717, 1.165) is 16.5 Å². The highest BCUT2D eigenvalue weighted by Crippen LogP contribution is 2.29. The third kappa shape index (κ3) is 1.75. The Balaban J connectivity index is 1.82. The first-order valence-electron chi connectivity index (χ1n) is 6.65. The molecule has 2 N–H and O–H groups in total. The fourth-order valence-corrected chi connectivity index (χ4v) is 3.60. The van der Waals surface area contributed by atoms with Crippen molar-refractivity contribution in [3.63, 3.8) is 0 Å². The standard InChI is InChI=1S/C15H15N3S/c16-14-9-19-15-17-13(8-18(14)15)12-6-5-10-3-1-2-4-11(10)7-12/h5-9H,1-4,16H2. The van der Waals surface area contributed by atoms with Gasteiger partial charge in [-0.15, -0.1) is 11.3 Å². The van der Waals surface area contributed by atoms with E-state index in [9.17, 15) is 0 Å². The number of hydrogen-bond acceptors (Lipinski definition) is 3. The Hall–Kier alpha value is -1.81. The second kappa shape index (κ2) is 4.10. The zero-order chi connectivity index (χ0) is 12.8. The number of fused-ring (bicyclic) bond motifs is 2. The number of anilines is 1. The fourth-order valence-electron chi connectivity index (χ4n) is 2.83. The minimum absolute atomic E-state index is 0.761. The first kappa shape index (κ1) is 11.1. The average molecular weight is 269 g/mol. The Morgan fingerprint density at radius 1 is 1.16 bits per heavy atom. The number of imidazole rings is 1. The summed E-state index contributed by atoms with van der Waals surface area (Å²) in [6, 6.07) is 6.75. The second-order valence-corrected chi connectivity index (χ2v) is 5.97. The van der Waals surface area contributed by atoms with Crippen LogP contribution in [-0.4, -0.2) is 9.38 Å². The molecule has 0 fully saturated rings. The summed E-state index contributed by atoms with van der Waals surface area (Å²) >= 11 is 1.59. The molecule has 3 aromatic rings. The van der Waals surface area contributed by atoms with Crippen LogP contribution in [-0.2, 0) is 12.8 Å². The third-order valence-electron chi connectivity index (χ3n) is 3.88. The lowest BCUT2D eigenvalue weighted by Crippen LogP contribution is -2.02. The van der Waals surface area contributed by atoms with Gasteiger partial charge >= 0.3 is 0 Å². The van der Waals surface area contributed by atoms with Crippen LogP contribution in [0.25, 0.3) is 16.2 Å². The van der Waals surface area contributed by atoms with E-state index in [-0.39, 0.29) is 0 Å². The molecule has 4 rings (SSSR count). The van der Waals surface area contributed by atoms with Gasteiger partial charge < -0.3 is 5.73 Å². The van der Waals surface area contributed by atoms with Crippen molar-refractivity contribution in [1.82, 2.24) is 9.38 Å². The van der Waals surface area contributed by atoms with Crippen LogP contribution >= 0.6 is 11.3 Å². The van der Waals surface area contributed by atoms with Gasteiger partial charge in [-0.1, -0.05) is 12.1 Å². The first-order chi connectivity index (χ1) is 9.31. The molecule has 96 valence electrons. The van der Waals surface area contributed by atoms with Gasteiger partial charge in [-0.2, -0.15) is 0 Å². The Morgan fingerprint density at radius 3 is 2.84 bits per heavy atom. The van der Waals surface area contributed by atoms with Crippen molar-refractivity contribution in [2.24, 2.45) is 0 Å². The Labute approximate surface area is 115 Å². The summed E-state index contributed by atoms with van der Waals surface area (Å²) in [5.74, 6) is 0.761. The van der Waals surface area contributed by atoms with Gasteiger partial charge in [0.1, 0.15) is 5.82 Å². The van der Waals surface area contributed by atoms with Crippen molar-refractivity contribution < 1.29 is 0 Å². The number of aromatic nitrogens is 2. The lowest BCUT2D eigenvalue weighted by Gasteiger charge is -2.15. The summed E-state index contributed by atoms with van der Waals surface area (Å²) < 4.78 is 1.96. The van der Waals surface area contributed by atoms with Crippen molar-refractivity contribution in [1.29, 1.82) is 0 Å². The lowest BCUT2D eigenvalue weighted by molar-refractivity contribution is 0.686. The fraction of sp³-hybridized carbons (Fsp3) is 0.267. The number of thiazole rings is 1. The molecule has 1 aliphatic rings. The maximum Gasteiger partial charge on any atom is 0.195 e. The van der Waals surface area contributed by atoms with E-state index in [1.54, 1.807) is 11.3 Å². The molecule has 0 spiro atoms. The van der Waals surface area contributed by atoms with E-state index in [4.69, 9.17) is 5.73 Å². The summed E-state index contributed by atoms with van der Waals surface area (Å²) in [6.07, 6.45) is 7.09. The topological polar surface area (TPSA) is 43.3 Å². The van der Waals surface area contributed by atoms with Crippen LogP contribution in [0.5, 0.6) is 0 Å². The molecule has 0 amide bonds. The Morgan fingerprint density at radius 2 is 2.00 bits per heavy atom. The van der Waals surface area contributed by atoms with Crippen molar-refractivity contribution in [2.45, 2.75) is 25.7 Å². The SMILES string of the molecule is Nc1csc2nc(-c3ccc4c(c3)CCCC4)cn12. The van der Waals surface area contributed by atoms with Gasteiger partial charge in [-0.3, -0.25) is 4.40 Å². The smallest absolute Gasteiger partial charge is 0.195 e. The highest BCUT2D eigenvalue weighted by molar-refractivity contribution is 7.15. The summed E-state index contributed by atoms with van der Waals surface area (Å²) in [6.45, 7) is 0. The van der Waals surface area contributed by atoms with E-state index in [1.807, 2.05) is 16.0 Å². The van der Waals surface area contributed by atoms with Crippen LogP contribution in [0.4, 0.5) is 5.82 Å². The number of nitrogen functional groups attached to an aromatic ring is 1. The Bertz CT molecular complexity index is 754. The van der Waals surface area contributed by atoms with Crippen molar-refractivity contribution in [2.75, 3.05) is 5.73 Å². The molecular weight excluding hydrogens is 254 g/mol. The average Bonchev–Trinajstić information content (AvgIpc) is 3.01. The van der Waals surface area contributed by atoms with E-state index < -0.39 is 0 Å². The quantitative estimate of drug-likeness (QED) is 0.734. The molecule has 0 atom stereocenters. The van der Waals surface area contributed by atoms with Crippen LogP contribution in [0, 0.1) is 0 Å². The molecule has 1 aliphatic carbocycles. The van der Waals surface area contributed by atoms with Crippen molar-refractivity contribution in [3.05, 3.63) is 40.9 Å². The maximum atomic E-state index is 5.91. The van der Waals surface area contributed by atoms with Gasteiger partial charge in [-0.25, -0.2) is 4.98 Å². The second-order valence-electron chi connectivity index (χ2n) is 5.13. The number of benzene rings is 1. The minimum Gasteiger partial charge on any atom is -0.384 e. The molecule has 2 aromatic heterocycles. The van der Waals surface area contributed by atoms with E-state index in [2.05, 4.69) is 23.2 Å².